The van der Waals surface area contributed by atoms with Crippen LogP contribution in [0.4, 0.5) is 5.82 Å². The van der Waals surface area contributed by atoms with Gasteiger partial charge in [0.25, 0.3) is 0 Å². The lowest BCUT2D eigenvalue weighted by Crippen LogP contribution is -2.06. The van der Waals surface area contributed by atoms with Gasteiger partial charge < -0.3 is 10.3 Å². The Balaban J connectivity index is 2.19. The van der Waals surface area contributed by atoms with Crippen LogP contribution in [0, 0.1) is 0 Å². The van der Waals surface area contributed by atoms with Gasteiger partial charge in [0.2, 0.25) is 0 Å². The fourth-order valence-corrected chi connectivity index (χ4v) is 2.84. The molecule has 2 N–H and O–H groups in total. The Morgan fingerprint density at radius 3 is 2.60 bits per heavy atom. The Hall–Kier alpha value is -1.19. The van der Waals surface area contributed by atoms with Crippen LogP contribution in [-0.2, 0) is 0 Å². The maximum Gasteiger partial charge on any atom is 0.132 e. The van der Waals surface area contributed by atoms with Crippen LogP contribution in [-0.4, -0.2) is 9.55 Å². The van der Waals surface area contributed by atoms with E-state index in [1.54, 1.807) is 12.1 Å². The molecule has 20 heavy (non-hydrogen) atoms. The highest BCUT2D eigenvalue weighted by Gasteiger charge is 2.31. The number of hydrogen-bond donors (Lipinski definition) is 1. The minimum atomic E-state index is 0.324. The molecule has 1 aromatic carbocycles. The lowest BCUT2D eigenvalue weighted by atomic mass is 10.1. The smallest absolute Gasteiger partial charge is 0.132 e. The van der Waals surface area contributed by atoms with Gasteiger partial charge in [0.1, 0.15) is 17.3 Å². The van der Waals surface area contributed by atoms with Gasteiger partial charge in [-0.15, -0.1) is 0 Å². The maximum absolute atomic E-state index is 6.33. The van der Waals surface area contributed by atoms with Gasteiger partial charge in [-0.3, -0.25) is 0 Å². The fourth-order valence-electron chi connectivity index (χ4n) is 2.46. The van der Waals surface area contributed by atoms with E-state index >= 15 is 0 Å². The second-order valence-electron chi connectivity index (χ2n) is 5.58. The highest BCUT2D eigenvalue weighted by molar-refractivity contribution is 6.35. The van der Waals surface area contributed by atoms with Crippen LogP contribution in [0.3, 0.4) is 0 Å². The first-order valence-electron chi connectivity index (χ1n) is 6.82. The van der Waals surface area contributed by atoms with Crippen molar-refractivity contribution in [3.05, 3.63) is 34.1 Å². The normalized spacial score (nSPS) is 15.1. The summed E-state index contributed by atoms with van der Waals surface area (Å²) >= 11 is 12.3. The Labute approximate surface area is 128 Å². The van der Waals surface area contributed by atoms with Crippen molar-refractivity contribution >= 4 is 29.0 Å². The Morgan fingerprint density at radius 2 is 2.00 bits per heavy atom. The van der Waals surface area contributed by atoms with Crippen molar-refractivity contribution in [2.75, 3.05) is 5.73 Å². The molecule has 5 heteroatoms. The molecule has 0 bridgehead atoms. The third-order valence-corrected chi connectivity index (χ3v) is 4.15. The highest BCUT2D eigenvalue weighted by atomic mass is 35.5. The predicted molar refractivity (Wildman–Crippen MR) is 84.5 cm³/mol. The van der Waals surface area contributed by atoms with Gasteiger partial charge in [-0.25, -0.2) is 4.98 Å². The molecule has 1 aliphatic rings. The average molecular weight is 310 g/mol. The molecule has 1 aliphatic carbocycles. The van der Waals surface area contributed by atoms with Crippen molar-refractivity contribution in [2.24, 2.45) is 0 Å². The topological polar surface area (TPSA) is 43.8 Å². The van der Waals surface area contributed by atoms with Crippen molar-refractivity contribution in [1.29, 1.82) is 0 Å². The summed E-state index contributed by atoms with van der Waals surface area (Å²) in [5.74, 6) is 2.04. The molecular formula is C15H17Cl2N3. The molecule has 3 nitrogen and oxygen atoms in total. The molecule has 1 fully saturated rings. The van der Waals surface area contributed by atoms with Gasteiger partial charge in [0.15, 0.2) is 0 Å². The summed E-state index contributed by atoms with van der Waals surface area (Å²) in [6, 6.07) is 5.87. The standard InChI is InChI=1S/C15H17Cl2N3/c1-8(2)15-19-13(14(18)20(15)10-4-5-10)11-7-9(16)3-6-12(11)17/h3,6-8,10H,4-5,18H2,1-2H3. The number of aromatic nitrogens is 2. The van der Waals surface area contributed by atoms with E-state index in [1.165, 1.54) is 12.8 Å². The van der Waals surface area contributed by atoms with Gasteiger partial charge in [0, 0.05) is 22.5 Å². The Bertz CT molecular complexity index is 657. The molecule has 0 atom stereocenters. The molecular weight excluding hydrogens is 293 g/mol. The van der Waals surface area contributed by atoms with Gasteiger partial charge in [-0.2, -0.15) is 0 Å². The van der Waals surface area contributed by atoms with Gasteiger partial charge in [-0.1, -0.05) is 37.0 Å². The van der Waals surface area contributed by atoms with Crippen LogP contribution in [0.2, 0.25) is 10.0 Å². The third kappa shape index (κ3) is 2.29. The van der Waals surface area contributed by atoms with Crippen LogP contribution in [0.25, 0.3) is 11.3 Å². The molecule has 0 radical (unpaired) electrons. The van der Waals surface area contributed by atoms with E-state index in [1.807, 2.05) is 6.07 Å². The van der Waals surface area contributed by atoms with E-state index in [2.05, 4.69) is 18.4 Å². The number of nitrogen functional groups attached to an aromatic ring is 1. The molecule has 1 aromatic heterocycles. The number of benzene rings is 1. The van der Waals surface area contributed by atoms with Gasteiger partial charge in [0.05, 0.1) is 5.02 Å². The molecule has 0 amide bonds. The first kappa shape index (κ1) is 13.8. The number of anilines is 1. The van der Waals surface area contributed by atoms with Crippen molar-refractivity contribution < 1.29 is 0 Å². The molecule has 0 unspecified atom stereocenters. The van der Waals surface area contributed by atoms with Crippen molar-refractivity contribution in [2.45, 2.75) is 38.6 Å². The van der Waals surface area contributed by atoms with Crippen LogP contribution in [0.5, 0.6) is 0 Å². The molecule has 0 aliphatic heterocycles. The molecule has 0 saturated heterocycles. The summed E-state index contributed by atoms with van der Waals surface area (Å²) in [6.07, 6.45) is 2.34. The maximum atomic E-state index is 6.33. The first-order valence-corrected chi connectivity index (χ1v) is 7.57. The minimum Gasteiger partial charge on any atom is -0.383 e. The largest absolute Gasteiger partial charge is 0.383 e. The summed E-state index contributed by atoms with van der Waals surface area (Å²) < 4.78 is 2.16. The Kier molecular flexibility index (Phi) is 3.43. The summed E-state index contributed by atoms with van der Waals surface area (Å²) in [5, 5.41) is 1.26. The Morgan fingerprint density at radius 1 is 1.30 bits per heavy atom. The summed E-state index contributed by atoms with van der Waals surface area (Å²) in [5.41, 5.74) is 7.88. The molecule has 3 rings (SSSR count). The van der Waals surface area contributed by atoms with Gasteiger partial charge in [-0.05, 0) is 31.0 Å². The van der Waals surface area contributed by atoms with Gasteiger partial charge >= 0.3 is 0 Å². The number of imidazole rings is 1. The van der Waals surface area contributed by atoms with E-state index in [0.717, 1.165) is 17.1 Å². The third-order valence-electron chi connectivity index (χ3n) is 3.59. The van der Waals surface area contributed by atoms with Crippen molar-refractivity contribution in [1.82, 2.24) is 9.55 Å². The van der Waals surface area contributed by atoms with Crippen LogP contribution >= 0.6 is 23.2 Å². The quantitative estimate of drug-likeness (QED) is 0.876. The molecule has 1 saturated carbocycles. The number of nitrogens with two attached hydrogens (primary N) is 1. The number of rotatable bonds is 3. The molecule has 2 aromatic rings. The number of halogens is 2. The van der Waals surface area contributed by atoms with Crippen LogP contribution < -0.4 is 5.73 Å². The average Bonchev–Trinajstić information content (AvgIpc) is 3.16. The van der Waals surface area contributed by atoms with E-state index in [4.69, 9.17) is 33.9 Å². The zero-order valence-corrected chi connectivity index (χ0v) is 13.0. The summed E-state index contributed by atoms with van der Waals surface area (Å²) in [7, 11) is 0. The number of nitrogens with zero attached hydrogens (tertiary/aromatic N) is 2. The van der Waals surface area contributed by atoms with Crippen molar-refractivity contribution in [3.63, 3.8) is 0 Å². The molecule has 106 valence electrons. The molecule has 1 heterocycles. The van der Waals surface area contributed by atoms with Crippen LogP contribution in [0.1, 0.15) is 44.5 Å². The monoisotopic (exact) mass is 309 g/mol. The number of hydrogen-bond acceptors (Lipinski definition) is 2. The van der Waals surface area contributed by atoms with Crippen LogP contribution in [0.15, 0.2) is 18.2 Å². The van der Waals surface area contributed by atoms with E-state index in [9.17, 15) is 0 Å². The van der Waals surface area contributed by atoms with E-state index in [-0.39, 0.29) is 0 Å². The second kappa shape index (κ2) is 4.97. The lowest BCUT2D eigenvalue weighted by Gasteiger charge is -2.10. The SMILES string of the molecule is CC(C)c1nc(-c2cc(Cl)ccc2Cl)c(N)n1C1CC1. The summed E-state index contributed by atoms with van der Waals surface area (Å²) in [4.78, 5) is 4.74. The highest BCUT2D eigenvalue weighted by Crippen LogP contribution is 2.43. The zero-order chi connectivity index (χ0) is 14.4. The zero-order valence-electron chi connectivity index (χ0n) is 11.5. The lowest BCUT2D eigenvalue weighted by molar-refractivity contribution is 0.646. The first-order chi connectivity index (χ1) is 9.49. The summed E-state index contributed by atoms with van der Waals surface area (Å²) in [6.45, 7) is 4.26. The minimum absolute atomic E-state index is 0.324. The van der Waals surface area contributed by atoms with Crippen molar-refractivity contribution in [3.8, 4) is 11.3 Å². The predicted octanol–water partition coefficient (Wildman–Crippen LogP) is 4.90. The fraction of sp³-hybridized carbons (Fsp3) is 0.400. The second-order valence-corrected chi connectivity index (χ2v) is 6.43. The molecule has 0 spiro atoms. The van der Waals surface area contributed by atoms with E-state index < -0.39 is 0 Å². The van der Waals surface area contributed by atoms with E-state index in [0.29, 0.717) is 27.8 Å².